The van der Waals surface area contributed by atoms with Gasteiger partial charge < -0.3 is 19.8 Å². The largest absolute Gasteiger partial charge is 0.495 e. The Morgan fingerprint density at radius 2 is 2.09 bits per heavy atom. The number of hydrogen-bond acceptors (Lipinski definition) is 7. The van der Waals surface area contributed by atoms with Crippen LogP contribution in [0.3, 0.4) is 0 Å². The topological polar surface area (TPSA) is 85.1 Å². The van der Waals surface area contributed by atoms with Gasteiger partial charge in [0.2, 0.25) is 5.95 Å². The maximum Gasteiger partial charge on any atom is 0.245 e. The van der Waals surface area contributed by atoms with Crippen LogP contribution in [0.25, 0.3) is 0 Å². The molecule has 0 aliphatic carbocycles. The van der Waals surface area contributed by atoms with Gasteiger partial charge >= 0.3 is 0 Å². The number of aromatic nitrogens is 3. The summed E-state index contributed by atoms with van der Waals surface area (Å²) >= 11 is 0. The standard InChI is InChI=1S/C15H15N5O2/c1-21-13-7-3-2-6-12(13)18-14-10-17-20-15(19-14)16-9-11-5-4-8-22-11/h2-8,10H,9H2,1H3,(H2,16,18,19,20). The first-order valence-corrected chi connectivity index (χ1v) is 6.71. The molecule has 112 valence electrons. The second-order valence-corrected chi connectivity index (χ2v) is 4.42. The van der Waals surface area contributed by atoms with Crippen molar-refractivity contribution in [3.8, 4) is 5.75 Å². The van der Waals surface area contributed by atoms with Crippen molar-refractivity contribution in [1.29, 1.82) is 0 Å². The summed E-state index contributed by atoms with van der Waals surface area (Å²) in [5.74, 6) is 2.51. The van der Waals surface area contributed by atoms with Crippen LogP contribution in [0.2, 0.25) is 0 Å². The summed E-state index contributed by atoms with van der Waals surface area (Å²) in [6, 6.07) is 11.3. The second kappa shape index (κ2) is 6.57. The van der Waals surface area contributed by atoms with Crippen LogP contribution < -0.4 is 15.4 Å². The van der Waals surface area contributed by atoms with Gasteiger partial charge in [0.15, 0.2) is 5.82 Å². The zero-order valence-corrected chi connectivity index (χ0v) is 12.0. The Morgan fingerprint density at radius 1 is 1.18 bits per heavy atom. The summed E-state index contributed by atoms with van der Waals surface area (Å²) in [4.78, 5) is 4.35. The van der Waals surface area contributed by atoms with Crippen LogP contribution in [-0.4, -0.2) is 22.3 Å². The van der Waals surface area contributed by atoms with Crippen molar-refractivity contribution >= 4 is 17.5 Å². The van der Waals surface area contributed by atoms with Crippen molar-refractivity contribution in [1.82, 2.24) is 15.2 Å². The molecule has 3 aromatic rings. The number of furan rings is 1. The fourth-order valence-corrected chi connectivity index (χ4v) is 1.90. The first-order chi connectivity index (χ1) is 10.8. The highest BCUT2D eigenvalue weighted by Gasteiger charge is 2.05. The van der Waals surface area contributed by atoms with Crippen LogP contribution in [0.5, 0.6) is 5.75 Å². The molecule has 0 fully saturated rings. The van der Waals surface area contributed by atoms with Crippen LogP contribution in [0, 0.1) is 0 Å². The van der Waals surface area contributed by atoms with Gasteiger partial charge in [-0.2, -0.15) is 10.1 Å². The summed E-state index contributed by atoms with van der Waals surface area (Å²) < 4.78 is 10.5. The molecule has 0 radical (unpaired) electrons. The predicted molar refractivity (Wildman–Crippen MR) is 82.1 cm³/mol. The Hall–Kier alpha value is -3.09. The average molecular weight is 297 g/mol. The maximum atomic E-state index is 5.29. The molecular weight excluding hydrogens is 282 g/mol. The summed E-state index contributed by atoms with van der Waals surface area (Å²) in [6.07, 6.45) is 3.17. The van der Waals surface area contributed by atoms with Gasteiger partial charge in [0.25, 0.3) is 0 Å². The molecule has 0 atom stereocenters. The molecule has 0 spiro atoms. The van der Waals surface area contributed by atoms with E-state index in [1.807, 2.05) is 36.4 Å². The number of rotatable bonds is 6. The van der Waals surface area contributed by atoms with E-state index in [0.29, 0.717) is 18.3 Å². The van der Waals surface area contributed by atoms with E-state index in [2.05, 4.69) is 25.8 Å². The third-order valence-electron chi connectivity index (χ3n) is 2.93. The van der Waals surface area contributed by atoms with E-state index in [9.17, 15) is 0 Å². The van der Waals surface area contributed by atoms with E-state index in [1.54, 1.807) is 19.6 Å². The maximum absolute atomic E-state index is 5.29. The minimum atomic E-state index is 0.413. The van der Waals surface area contributed by atoms with E-state index in [0.717, 1.165) is 17.2 Å². The average Bonchev–Trinajstić information content (AvgIpc) is 3.07. The molecular formula is C15H15N5O2. The monoisotopic (exact) mass is 297 g/mol. The van der Waals surface area contributed by atoms with Gasteiger partial charge in [-0.1, -0.05) is 12.1 Å². The lowest BCUT2D eigenvalue weighted by Gasteiger charge is -2.10. The van der Waals surface area contributed by atoms with Gasteiger partial charge in [0.05, 0.1) is 31.8 Å². The molecule has 0 aliphatic rings. The Labute approximate surface area is 127 Å². The fourth-order valence-electron chi connectivity index (χ4n) is 1.90. The molecule has 7 nitrogen and oxygen atoms in total. The first-order valence-electron chi connectivity index (χ1n) is 6.71. The number of hydrogen-bond donors (Lipinski definition) is 2. The SMILES string of the molecule is COc1ccccc1Nc1cnnc(NCc2ccco2)n1. The minimum absolute atomic E-state index is 0.413. The number of ether oxygens (including phenoxy) is 1. The smallest absolute Gasteiger partial charge is 0.245 e. The van der Waals surface area contributed by atoms with Gasteiger partial charge in [0.1, 0.15) is 11.5 Å². The number of para-hydroxylation sites is 2. The van der Waals surface area contributed by atoms with Gasteiger partial charge in [-0.3, -0.25) is 0 Å². The van der Waals surface area contributed by atoms with Gasteiger partial charge in [-0.15, -0.1) is 5.10 Å². The third-order valence-corrected chi connectivity index (χ3v) is 2.93. The van der Waals surface area contributed by atoms with E-state index in [1.165, 1.54) is 0 Å². The van der Waals surface area contributed by atoms with Crippen molar-refractivity contribution in [2.45, 2.75) is 6.54 Å². The van der Waals surface area contributed by atoms with Crippen LogP contribution >= 0.6 is 0 Å². The highest BCUT2D eigenvalue weighted by atomic mass is 16.5. The van der Waals surface area contributed by atoms with Gasteiger partial charge in [0, 0.05) is 0 Å². The van der Waals surface area contributed by atoms with Crippen molar-refractivity contribution in [2.24, 2.45) is 0 Å². The number of methoxy groups -OCH3 is 1. The molecule has 0 aliphatic heterocycles. The normalized spacial score (nSPS) is 10.2. The number of anilines is 3. The molecule has 0 amide bonds. The van der Waals surface area contributed by atoms with E-state index in [4.69, 9.17) is 9.15 Å². The van der Waals surface area contributed by atoms with Gasteiger partial charge in [-0.05, 0) is 24.3 Å². The zero-order valence-electron chi connectivity index (χ0n) is 12.0. The lowest BCUT2D eigenvalue weighted by molar-refractivity contribution is 0.417. The van der Waals surface area contributed by atoms with Crippen molar-refractivity contribution in [2.75, 3.05) is 17.7 Å². The molecule has 2 aromatic heterocycles. The van der Waals surface area contributed by atoms with Crippen LogP contribution in [0.15, 0.2) is 53.3 Å². The minimum Gasteiger partial charge on any atom is -0.495 e. The van der Waals surface area contributed by atoms with Crippen LogP contribution in [0.1, 0.15) is 5.76 Å². The highest BCUT2D eigenvalue weighted by Crippen LogP contribution is 2.25. The number of benzene rings is 1. The Balaban J connectivity index is 1.70. The summed E-state index contributed by atoms with van der Waals surface area (Å²) in [5, 5.41) is 14.1. The van der Waals surface area contributed by atoms with E-state index < -0.39 is 0 Å². The molecule has 1 aromatic carbocycles. The fraction of sp³-hybridized carbons (Fsp3) is 0.133. The Morgan fingerprint density at radius 3 is 2.91 bits per heavy atom. The van der Waals surface area contributed by atoms with Crippen molar-refractivity contribution in [3.63, 3.8) is 0 Å². The van der Waals surface area contributed by atoms with Crippen molar-refractivity contribution in [3.05, 3.63) is 54.6 Å². The quantitative estimate of drug-likeness (QED) is 0.723. The third kappa shape index (κ3) is 3.32. The second-order valence-electron chi connectivity index (χ2n) is 4.42. The van der Waals surface area contributed by atoms with Crippen LogP contribution in [0.4, 0.5) is 17.5 Å². The number of nitrogens with one attached hydrogen (secondary N) is 2. The Bertz CT molecular complexity index is 730. The molecule has 0 saturated heterocycles. The molecule has 2 heterocycles. The molecule has 7 heteroatoms. The molecule has 3 rings (SSSR count). The molecule has 0 saturated carbocycles. The summed E-state index contributed by atoms with van der Waals surface area (Å²) in [5.41, 5.74) is 0.808. The van der Waals surface area contributed by atoms with Crippen molar-refractivity contribution < 1.29 is 9.15 Å². The zero-order chi connectivity index (χ0) is 15.2. The summed E-state index contributed by atoms with van der Waals surface area (Å²) in [7, 11) is 1.62. The highest BCUT2D eigenvalue weighted by molar-refractivity contribution is 5.63. The number of nitrogens with zero attached hydrogens (tertiary/aromatic N) is 3. The Kier molecular flexibility index (Phi) is 4.15. The molecule has 0 unspecified atom stereocenters. The lowest BCUT2D eigenvalue weighted by atomic mass is 10.3. The van der Waals surface area contributed by atoms with Gasteiger partial charge in [-0.25, -0.2) is 0 Å². The first kappa shape index (κ1) is 13.9. The van der Waals surface area contributed by atoms with E-state index in [-0.39, 0.29) is 0 Å². The predicted octanol–water partition coefficient (Wildman–Crippen LogP) is 2.83. The molecule has 22 heavy (non-hydrogen) atoms. The molecule has 2 N–H and O–H groups in total. The summed E-state index contributed by atoms with van der Waals surface area (Å²) in [6.45, 7) is 0.493. The van der Waals surface area contributed by atoms with Crippen LogP contribution in [-0.2, 0) is 6.54 Å². The molecule has 0 bridgehead atoms. The van der Waals surface area contributed by atoms with E-state index >= 15 is 0 Å². The lowest BCUT2D eigenvalue weighted by Crippen LogP contribution is -2.06.